The summed E-state index contributed by atoms with van der Waals surface area (Å²) in [6.07, 6.45) is 3.13. The predicted molar refractivity (Wildman–Crippen MR) is 65.0 cm³/mol. The maximum absolute atomic E-state index is 11.6. The van der Waals surface area contributed by atoms with Gasteiger partial charge in [0.25, 0.3) is 0 Å². The smallest absolute Gasteiger partial charge is 0.338 e. The summed E-state index contributed by atoms with van der Waals surface area (Å²) in [5.41, 5.74) is 1.29. The lowest BCUT2D eigenvalue weighted by Gasteiger charge is -2.07. The van der Waals surface area contributed by atoms with E-state index >= 15 is 0 Å². The zero-order chi connectivity index (χ0) is 12.3. The number of carbonyl (C=O) groups excluding carboxylic acids is 1. The van der Waals surface area contributed by atoms with E-state index in [1.165, 1.54) is 0 Å². The Kier molecular flexibility index (Phi) is 3.53. The third-order valence-corrected chi connectivity index (χ3v) is 2.82. The van der Waals surface area contributed by atoms with Crippen molar-refractivity contribution in [3.63, 3.8) is 0 Å². The molecule has 6 heteroatoms. The van der Waals surface area contributed by atoms with Gasteiger partial charge in [-0.25, -0.2) is 4.79 Å². The number of benzene rings is 1. The number of carbonyl (C=O) groups is 1. The van der Waals surface area contributed by atoms with E-state index in [0.717, 1.165) is 10.2 Å². The number of halogens is 1. The summed E-state index contributed by atoms with van der Waals surface area (Å²) in [5, 5.41) is 7.45. The molecule has 0 fully saturated rings. The first kappa shape index (κ1) is 11.8. The van der Waals surface area contributed by atoms with Gasteiger partial charge in [0.05, 0.1) is 17.9 Å². The summed E-state index contributed by atoms with van der Waals surface area (Å²) in [5.74, 6) is -0.339. The summed E-state index contributed by atoms with van der Waals surface area (Å²) < 4.78 is 7.51. The highest BCUT2D eigenvalue weighted by molar-refractivity contribution is 9.10. The molecule has 0 spiro atoms. The molecule has 17 heavy (non-hydrogen) atoms. The lowest BCUT2D eigenvalue weighted by atomic mass is 10.2. The number of ether oxygens (including phenoxy) is 1. The Labute approximate surface area is 107 Å². The van der Waals surface area contributed by atoms with Crippen LogP contribution in [0.4, 0.5) is 0 Å². The van der Waals surface area contributed by atoms with Crippen LogP contribution in [-0.4, -0.2) is 27.3 Å². The van der Waals surface area contributed by atoms with Crippen LogP contribution in [0.2, 0.25) is 0 Å². The van der Waals surface area contributed by atoms with Crippen LogP contribution in [0.15, 0.2) is 35.3 Å². The monoisotopic (exact) mass is 295 g/mol. The molecule has 0 aliphatic heterocycles. The van der Waals surface area contributed by atoms with Gasteiger partial charge >= 0.3 is 5.97 Å². The lowest BCUT2D eigenvalue weighted by molar-refractivity contribution is 0.0526. The number of nitrogens with zero attached hydrogens (tertiary/aromatic N) is 3. The average Bonchev–Trinajstić information content (AvgIpc) is 2.83. The van der Waals surface area contributed by atoms with Gasteiger partial charge in [0, 0.05) is 4.47 Å². The summed E-state index contributed by atoms with van der Waals surface area (Å²) in [7, 11) is 0. The second kappa shape index (κ2) is 5.09. The minimum atomic E-state index is -0.339. The quantitative estimate of drug-likeness (QED) is 0.815. The van der Waals surface area contributed by atoms with Crippen LogP contribution in [0.3, 0.4) is 0 Å². The molecule has 2 aromatic rings. The maximum atomic E-state index is 11.6. The Morgan fingerprint density at radius 2 is 2.12 bits per heavy atom. The molecule has 0 bridgehead atoms. The zero-order valence-electron chi connectivity index (χ0n) is 9.13. The van der Waals surface area contributed by atoms with Gasteiger partial charge in [-0.1, -0.05) is 0 Å². The standard InChI is InChI=1S/C11H10BrN3O2/c1-2-17-11(16)8-3-4-9(12)10(5-8)15-6-13-14-7-15/h3-7H,2H2,1H3. The van der Waals surface area contributed by atoms with Crippen molar-refractivity contribution in [3.8, 4) is 5.69 Å². The van der Waals surface area contributed by atoms with E-state index in [4.69, 9.17) is 4.74 Å². The molecule has 2 rings (SSSR count). The fourth-order valence-corrected chi connectivity index (χ4v) is 1.83. The summed E-state index contributed by atoms with van der Waals surface area (Å²) in [6, 6.07) is 5.23. The largest absolute Gasteiger partial charge is 0.462 e. The number of hydrogen-bond donors (Lipinski definition) is 0. The highest BCUT2D eigenvalue weighted by atomic mass is 79.9. The van der Waals surface area contributed by atoms with E-state index in [1.807, 2.05) is 0 Å². The third kappa shape index (κ3) is 2.52. The minimum absolute atomic E-state index is 0.339. The molecule has 1 heterocycles. The molecule has 0 aliphatic carbocycles. The molecular weight excluding hydrogens is 286 g/mol. The van der Waals surface area contributed by atoms with Crippen LogP contribution in [0.5, 0.6) is 0 Å². The molecular formula is C11H10BrN3O2. The third-order valence-electron chi connectivity index (χ3n) is 2.15. The van der Waals surface area contributed by atoms with Crippen LogP contribution in [-0.2, 0) is 4.74 Å². The molecule has 0 N–H and O–H groups in total. The van der Waals surface area contributed by atoms with E-state index in [1.54, 1.807) is 42.3 Å². The summed E-state index contributed by atoms with van der Waals surface area (Å²) >= 11 is 3.41. The first-order chi connectivity index (χ1) is 8.22. The van der Waals surface area contributed by atoms with Crippen molar-refractivity contribution >= 4 is 21.9 Å². The molecule has 88 valence electrons. The number of hydrogen-bond acceptors (Lipinski definition) is 4. The summed E-state index contributed by atoms with van der Waals surface area (Å²) in [4.78, 5) is 11.6. The van der Waals surface area contributed by atoms with E-state index < -0.39 is 0 Å². The van der Waals surface area contributed by atoms with Crippen LogP contribution in [0.1, 0.15) is 17.3 Å². The average molecular weight is 296 g/mol. The molecule has 0 radical (unpaired) electrons. The second-order valence-electron chi connectivity index (χ2n) is 3.26. The van der Waals surface area contributed by atoms with Crippen LogP contribution >= 0.6 is 15.9 Å². The van der Waals surface area contributed by atoms with Gasteiger partial charge in [0.2, 0.25) is 0 Å². The van der Waals surface area contributed by atoms with Crippen molar-refractivity contribution in [2.75, 3.05) is 6.61 Å². The molecule has 0 amide bonds. The van der Waals surface area contributed by atoms with Crippen LogP contribution in [0.25, 0.3) is 5.69 Å². The number of esters is 1. The van der Waals surface area contributed by atoms with E-state index in [-0.39, 0.29) is 5.97 Å². The summed E-state index contributed by atoms with van der Waals surface area (Å²) in [6.45, 7) is 2.13. The number of aromatic nitrogens is 3. The Morgan fingerprint density at radius 3 is 2.76 bits per heavy atom. The number of rotatable bonds is 3. The topological polar surface area (TPSA) is 57.0 Å². The highest BCUT2D eigenvalue weighted by Crippen LogP contribution is 2.22. The zero-order valence-corrected chi connectivity index (χ0v) is 10.7. The van der Waals surface area contributed by atoms with E-state index in [0.29, 0.717) is 12.2 Å². The molecule has 1 aromatic heterocycles. The predicted octanol–water partition coefficient (Wildman–Crippen LogP) is 2.21. The maximum Gasteiger partial charge on any atom is 0.338 e. The Bertz CT molecular complexity index is 526. The molecule has 0 atom stereocenters. The molecule has 0 saturated heterocycles. The highest BCUT2D eigenvalue weighted by Gasteiger charge is 2.10. The fraction of sp³-hybridized carbons (Fsp3) is 0.182. The van der Waals surface area contributed by atoms with Gasteiger partial charge in [-0.15, -0.1) is 10.2 Å². The Hall–Kier alpha value is -1.69. The SMILES string of the molecule is CCOC(=O)c1ccc(Br)c(-n2cnnc2)c1. The normalized spacial score (nSPS) is 10.2. The first-order valence-corrected chi connectivity index (χ1v) is 5.83. The van der Waals surface area contributed by atoms with Gasteiger partial charge in [-0.05, 0) is 41.1 Å². The molecule has 5 nitrogen and oxygen atoms in total. The second-order valence-corrected chi connectivity index (χ2v) is 4.11. The Balaban J connectivity index is 2.40. The van der Waals surface area contributed by atoms with Crippen molar-refractivity contribution in [1.82, 2.24) is 14.8 Å². The van der Waals surface area contributed by atoms with Crippen molar-refractivity contribution in [2.24, 2.45) is 0 Å². The van der Waals surface area contributed by atoms with Gasteiger partial charge in [-0.2, -0.15) is 0 Å². The first-order valence-electron chi connectivity index (χ1n) is 5.04. The van der Waals surface area contributed by atoms with Crippen LogP contribution < -0.4 is 0 Å². The Morgan fingerprint density at radius 1 is 1.41 bits per heavy atom. The molecule has 0 unspecified atom stereocenters. The van der Waals surface area contributed by atoms with Gasteiger partial charge in [-0.3, -0.25) is 4.57 Å². The van der Waals surface area contributed by atoms with Crippen molar-refractivity contribution < 1.29 is 9.53 Å². The molecule has 0 aliphatic rings. The minimum Gasteiger partial charge on any atom is -0.462 e. The molecule has 0 saturated carbocycles. The van der Waals surface area contributed by atoms with Crippen molar-refractivity contribution in [3.05, 3.63) is 40.9 Å². The van der Waals surface area contributed by atoms with E-state index in [2.05, 4.69) is 26.1 Å². The van der Waals surface area contributed by atoms with Gasteiger partial charge in [0.15, 0.2) is 0 Å². The fourth-order valence-electron chi connectivity index (χ4n) is 1.38. The van der Waals surface area contributed by atoms with Gasteiger partial charge < -0.3 is 4.74 Å². The van der Waals surface area contributed by atoms with Crippen LogP contribution in [0, 0.1) is 0 Å². The van der Waals surface area contributed by atoms with Gasteiger partial charge in [0.1, 0.15) is 12.7 Å². The lowest BCUT2D eigenvalue weighted by Crippen LogP contribution is -2.05. The van der Waals surface area contributed by atoms with E-state index in [9.17, 15) is 4.79 Å². The molecule has 1 aromatic carbocycles. The van der Waals surface area contributed by atoms with Crippen molar-refractivity contribution in [2.45, 2.75) is 6.92 Å². The van der Waals surface area contributed by atoms with Crippen molar-refractivity contribution in [1.29, 1.82) is 0 Å².